The second kappa shape index (κ2) is 5.40. The molecule has 21 heavy (non-hydrogen) atoms. The number of aryl methyl sites for hydroxylation is 1. The average Bonchev–Trinajstić information content (AvgIpc) is 2.74. The second-order valence-electron chi connectivity index (χ2n) is 4.09. The Labute approximate surface area is 130 Å². The molecule has 0 saturated heterocycles. The Bertz CT molecular complexity index is 890. The van der Waals surface area contributed by atoms with Crippen LogP contribution in [0.4, 0.5) is 5.69 Å². The van der Waals surface area contributed by atoms with Gasteiger partial charge < -0.3 is 0 Å². The predicted octanol–water partition coefficient (Wildman–Crippen LogP) is 0.631. The monoisotopic (exact) mass is 394 g/mol. The first-order chi connectivity index (χ1) is 9.61. The normalized spacial score (nSPS) is 12.3. The van der Waals surface area contributed by atoms with Crippen molar-refractivity contribution >= 4 is 41.7 Å². The van der Waals surface area contributed by atoms with Crippen LogP contribution in [-0.4, -0.2) is 26.6 Å². The van der Waals surface area contributed by atoms with Crippen LogP contribution in [0, 0.1) is 0 Å². The molecule has 1 heterocycles. The van der Waals surface area contributed by atoms with Gasteiger partial charge in [0.1, 0.15) is 0 Å². The predicted molar refractivity (Wildman–Crippen MR) is 79.5 cm³/mol. The van der Waals surface area contributed by atoms with Crippen LogP contribution in [0.2, 0.25) is 0 Å². The number of halogens is 1. The highest BCUT2D eigenvalue weighted by molar-refractivity contribution is 9.10. The molecule has 0 aliphatic heterocycles. The Morgan fingerprint density at radius 2 is 1.90 bits per heavy atom. The molecule has 0 spiro atoms. The molecule has 0 fully saturated rings. The molecule has 114 valence electrons. The standard InChI is InChI=1S/C10H11BrN4O4S2/c1-15-10(4-5-13-15)21(18,19)14-7-2-3-9(8(11)6-7)20(12,16)17/h2-6,14H,1H3,(H2,12,16,17). The fourth-order valence-corrected chi connectivity index (χ4v) is 4.45. The molecule has 8 nitrogen and oxygen atoms in total. The summed E-state index contributed by atoms with van der Waals surface area (Å²) >= 11 is 3.04. The third-order valence-corrected chi connectivity index (χ3v) is 5.88. The Balaban J connectivity index is 2.38. The van der Waals surface area contributed by atoms with Crippen molar-refractivity contribution in [3.05, 3.63) is 34.9 Å². The molecule has 0 radical (unpaired) electrons. The minimum absolute atomic E-state index is 0.0193. The second-order valence-corrected chi connectivity index (χ2v) is 8.10. The largest absolute Gasteiger partial charge is 0.279 e. The molecule has 2 aromatic rings. The minimum atomic E-state index is -3.88. The van der Waals surface area contributed by atoms with Gasteiger partial charge in [0.05, 0.1) is 16.8 Å². The van der Waals surface area contributed by atoms with Gasteiger partial charge in [-0.25, -0.2) is 13.6 Å². The smallest absolute Gasteiger partial charge is 0.278 e. The lowest BCUT2D eigenvalue weighted by atomic mass is 10.3. The van der Waals surface area contributed by atoms with Gasteiger partial charge in [0.25, 0.3) is 10.0 Å². The highest BCUT2D eigenvalue weighted by atomic mass is 79.9. The van der Waals surface area contributed by atoms with Crippen molar-refractivity contribution in [1.29, 1.82) is 0 Å². The lowest BCUT2D eigenvalue weighted by Gasteiger charge is -2.09. The Morgan fingerprint density at radius 1 is 1.24 bits per heavy atom. The van der Waals surface area contributed by atoms with Crippen LogP contribution in [0.3, 0.4) is 0 Å². The van der Waals surface area contributed by atoms with E-state index in [0.717, 1.165) is 0 Å². The maximum atomic E-state index is 12.1. The van der Waals surface area contributed by atoms with E-state index in [1.165, 1.54) is 42.2 Å². The van der Waals surface area contributed by atoms with Crippen molar-refractivity contribution in [2.24, 2.45) is 12.2 Å². The van der Waals surface area contributed by atoms with Crippen molar-refractivity contribution in [2.75, 3.05) is 4.72 Å². The van der Waals surface area contributed by atoms with Crippen LogP contribution < -0.4 is 9.86 Å². The van der Waals surface area contributed by atoms with Gasteiger partial charge >= 0.3 is 0 Å². The molecule has 0 unspecified atom stereocenters. The quantitative estimate of drug-likeness (QED) is 0.786. The summed E-state index contributed by atoms with van der Waals surface area (Å²) in [6, 6.07) is 5.17. The number of nitrogens with one attached hydrogen (secondary N) is 1. The highest BCUT2D eigenvalue weighted by Crippen LogP contribution is 2.26. The molecule has 0 aliphatic carbocycles. The van der Waals surface area contributed by atoms with Crippen molar-refractivity contribution in [3.8, 4) is 0 Å². The third-order valence-electron chi connectivity index (χ3n) is 2.54. The van der Waals surface area contributed by atoms with E-state index in [1.54, 1.807) is 0 Å². The van der Waals surface area contributed by atoms with Crippen molar-refractivity contribution in [2.45, 2.75) is 9.92 Å². The van der Waals surface area contributed by atoms with E-state index in [9.17, 15) is 16.8 Å². The van der Waals surface area contributed by atoms with Crippen LogP contribution in [-0.2, 0) is 27.1 Å². The number of nitrogens with two attached hydrogens (primary N) is 1. The number of nitrogens with zero attached hydrogens (tertiary/aromatic N) is 2. The van der Waals surface area contributed by atoms with Crippen molar-refractivity contribution in [3.63, 3.8) is 0 Å². The van der Waals surface area contributed by atoms with Gasteiger partial charge in [0.15, 0.2) is 5.03 Å². The number of anilines is 1. The van der Waals surface area contributed by atoms with E-state index < -0.39 is 20.0 Å². The summed E-state index contributed by atoms with van der Waals surface area (Å²) in [5.41, 5.74) is 0.190. The fraction of sp³-hybridized carbons (Fsp3) is 0.100. The first kappa shape index (κ1) is 15.9. The molecule has 0 atom stereocenters. The van der Waals surface area contributed by atoms with E-state index in [4.69, 9.17) is 5.14 Å². The van der Waals surface area contributed by atoms with E-state index >= 15 is 0 Å². The number of benzene rings is 1. The number of hydrogen-bond donors (Lipinski definition) is 2. The summed E-state index contributed by atoms with van der Waals surface area (Å²) in [4.78, 5) is -0.133. The van der Waals surface area contributed by atoms with E-state index in [2.05, 4.69) is 25.8 Å². The summed E-state index contributed by atoms with van der Waals surface area (Å²) in [6.07, 6.45) is 1.36. The SMILES string of the molecule is Cn1nccc1S(=O)(=O)Nc1ccc(S(N)(=O)=O)c(Br)c1. The third kappa shape index (κ3) is 3.43. The Hall–Kier alpha value is -1.43. The maximum Gasteiger partial charge on any atom is 0.279 e. The van der Waals surface area contributed by atoms with Crippen LogP contribution in [0.25, 0.3) is 0 Å². The molecule has 2 rings (SSSR count). The molecule has 0 aliphatic rings. The van der Waals surface area contributed by atoms with Gasteiger partial charge in [0, 0.05) is 11.5 Å². The van der Waals surface area contributed by atoms with Gasteiger partial charge in [-0.3, -0.25) is 9.40 Å². The van der Waals surface area contributed by atoms with Gasteiger partial charge in [0.2, 0.25) is 10.0 Å². The molecule has 11 heteroatoms. The lowest BCUT2D eigenvalue weighted by molar-refractivity contribution is 0.582. The molecular weight excluding hydrogens is 384 g/mol. The van der Waals surface area contributed by atoms with Gasteiger partial charge in [-0.15, -0.1) is 0 Å². The Morgan fingerprint density at radius 3 is 2.38 bits per heavy atom. The lowest BCUT2D eigenvalue weighted by Crippen LogP contribution is -2.17. The zero-order valence-electron chi connectivity index (χ0n) is 10.7. The van der Waals surface area contributed by atoms with Gasteiger partial charge in [-0.1, -0.05) is 0 Å². The number of rotatable bonds is 4. The molecule has 1 aromatic heterocycles. The summed E-state index contributed by atoms with van der Waals surface area (Å²) < 4.78 is 50.5. The summed E-state index contributed by atoms with van der Waals surface area (Å²) in [7, 11) is -6.20. The van der Waals surface area contributed by atoms with Gasteiger partial charge in [-0.2, -0.15) is 13.5 Å². The molecule has 0 saturated carbocycles. The van der Waals surface area contributed by atoms with Crippen LogP contribution in [0.5, 0.6) is 0 Å². The molecule has 0 amide bonds. The zero-order valence-corrected chi connectivity index (χ0v) is 13.9. The Kier molecular flexibility index (Phi) is 4.10. The van der Waals surface area contributed by atoms with Crippen molar-refractivity contribution < 1.29 is 16.8 Å². The van der Waals surface area contributed by atoms with E-state index in [1.807, 2.05) is 0 Å². The number of primary sulfonamides is 1. The topological polar surface area (TPSA) is 124 Å². The van der Waals surface area contributed by atoms with E-state index in [-0.39, 0.29) is 20.1 Å². The van der Waals surface area contributed by atoms with Crippen LogP contribution >= 0.6 is 15.9 Å². The van der Waals surface area contributed by atoms with Crippen LogP contribution in [0.15, 0.2) is 44.9 Å². The maximum absolute atomic E-state index is 12.1. The number of aromatic nitrogens is 2. The summed E-state index contributed by atoms with van der Waals surface area (Å²) in [5, 5.41) is 8.79. The molecule has 1 aromatic carbocycles. The van der Waals surface area contributed by atoms with Crippen LogP contribution in [0.1, 0.15) is 0 Å². The van der Waals surface area contributed by atoms with Gasteiger partial charge in [-0.05, 0) is 40.2 Å². The average molecular weight is 395 g/mol. The van der Waals surface area contributed by atoms with Crippen molar-refractivity contribution in [1.82, 2.24) is 9.78 Å². The molecular formula is C10H11BrN4O4S2. The minimum Gasteiger partial charge on any atom is -0.278 e. The number of sulfonamides is 2. The first-order valence-corrected chi connectivity index (χ1v) is 9.27. The summed E-state index contributed by atoms with van der Waals surface area (Å²) in [6.45, 7) is 0. The number of hydrogen-bond acceptors (Lipinski definition) is 5. The first-order valence-electron chi connectivity index (χ1n) is 5.44. The fourth-order valence-electron chi connectivity index (χ4n) is 1.63. The molecule has 0 bridgehead atoms. The highest BCUT2D eigenvalue weighted by Gasteiger charge is 2.19. The summed E-state index contributed by atoms with van der Waals surface area (Å²) in [5.74, 6) is 0. The zero-order chi connectivity index (χ0) is 15.8. The van der Waals surface area contributed by atoms with E-state index in [0.29, 0.717) is 0 Å². The molecule has 3 N–H and O–H groups in total.